The van der Waals surface area contributed by atoms with E-state index in [1.807, 2.05) is 24.3 Å². The van der Waals surface area contributed by atoms with Crippen LogP contribution in [0, 0.1) is 5.92 Å². The van der Waals surface area contributed by atoms with Crippen molar-refractivity contribution in [3.8, 4) is 0 Å². The highest BCUT2D eigenvalue weighted by molar-refractivity contribution is 5.83. The number of aryl methyl sites for hydroxylation is 1. The summed E-state index contributed by atoms with van der Waals surface area (Å²) < 4.78 is 5.63. The maximum absolute atomic E-state index is 11.8. The first-order valence-corrected chi connectivity index (χ1v) is 7.46. The van der Waals surface area contributed by atoms with Crippen molar-refractivity contribution in [1.82, 2.24) is 0 Å². The number of hydrogen-bond donors (Lipinski definition) is 1. The molecule has 0 radical (unpaired) electrons. The van der Waals surface area contributed by atoms with Gasteiger partial charge in [0.1, 0.15) is 0 Å². The van der Waals surface area contributed by atoms with E-state index in [1.165, 1.54) is 5.56 Å². The molecular formula is C17H24O3. The summed E-state index contributed by atoms with van der Waals surface area (Å²) in [5.74, 6) is -0.0921. The molecule has 1 aromatic rings. The van der Waals surface area contributed by atoms with Gasteiger partial charge in [-0.15, -0.1) is 0 Å². The second-order valence-corrected chi connectivity index (χ2v) is 6.09. The Bertz CT molecular complexity index is 467. The number of carboxylic acid groups (broad SMARTS) is 1. The second kappa shape index (κ2) is 6.40. The van der Waals surface area contributed by atoms with E-state index < -0.39 is 11.4 Å². The Morgan fingerprint density at radius 1 is 1.35 bits per heavy atom. The minimum Gasteiger partial charge on any atom is -0.481 e. The largest absolute Gasteiger partial charge is 0.481 e. The summed E-state index contributed by atoms with van der Waals surface area (Å²) in [4.78, 5) is 11.8. The van der Waals surface area contributed by atoms with Gasteiger partial charge in [-0.05, 0) is 42.7 Å². The summed E-state index contributed by atoms with van der Waals surface area (Å²) in [6, 6.07) is 7.92. The molecule has 0 heterocycles. The smallest absolute Gasteiger partial charge is 0.314 e. The lowest BCUT2D eigenvalue weighted by Gasteiger charge is -2.25. The molecule has 0 spiro atoms. The van der Waals surface area contributed by atoms with Crippen LogP contribution in [0.5, 0.6) is 0 Å². The number of carbonyl (C=O) groups is 1. The highest BCUT2D eigenvalue weighted by Crippen LogP contribution is 2.41. The van der Waals surface area contributed by atoms with E-state index in [0.29, 0.717) is 25.4 Å². The van der Waals surface area contributed by atoms with Crippen molar-refractivity contribution in [2.75, 3.05) is 13.2 Å². The minimum atomic E-state index is -0.742. The fraction of sp³-hybridized carbons (Fsp3) is 0.588. The van der Waals surface area contributed by atoms with Crippen LogP contribution >= 0.6 is 0 Å². The first-order valence-electron chi connectivity index (χ1n) is 7.46. The Hall–Kier alpha value is -1.35. The molecule has 0 saturated carbocycles. The van der Waals surface area contributed by atoms with Crippen LogP contribution in [0.15, 0.2) is 24.3 Å². The minimum absolute atomic E-state index is 0.521. The molecule has 1 aromatic carbocycles. The van der Waals surface area contributed by atoms with Gasteiger partial charge >= 0.3 is 5.97 Å². The lowest BCUT2D eigenvalue weighted by molar-refractivity contribution is -0.144. The molecule has 0 bridgehead atoms. The average Bonchev–Trinajstić information content (AvgIpc) is 2.79. The average molecular weight is 276 g/mol. The van der Waals surface area contributed by atoms with Crippen molar-refractivity contribution in [3.63, 3.8) is 0 Å². The van der Waals surface area contributed by atoms with Gasteiger partial charge in [0.2, 0.25) is 0 Å². The standard InChI is InChI=1S/C17H24O3/c1-13(2)8-11-20-12-10-17(16(18)19)9-7-14-5-3-4-6-15(14)17/h3-6,13H,7-12H2,1-2H3,(H,18,19). The quantitative estimate of drug-likeness (QED) is 0.776. The molecule has 0 aliphatic heterocycles. The monoisotopic (exact) mass is 276 g/mol. The van der Waals surface area contributed by atoms with E-state index in [2.05, 4.69) is 13.8 Å². The fourth-order valence-corrected chi connectivity index (χ4v) is 2.94. The highest BCUT2D eigenvalue weighted by Gasteiger charge is 2.44. The third-order valence-corrected chi connectivity index (χ3v) is 4.28. The van der Waals surface area contributed by atoms with Gasteiger partial charge in [-0.3, -0.25) is 4.79 Å². The predicted octanol–water partition coefficient (Wildman–Crippen LogP) is 3.41. The molecule has 1 unspecified atom stereocenters. The van der Waals surface area contributed by atoms with E-state index in [-0.39, 0.29) is 0 Å². The molecule has 0 amide bonds. The van der Waals surface area contributed by atoms with Crippen LogP contribution < -0.4 is 0 Å². The zero-order chi connectivity index (χ0) is 14.6. The number of ether oxygens (including phenoxy) is 1. The maximum Gasteiger partial charge on any atom is 0.314 e. The SMILES string of the molecule is CC(C)CCOCCC1(C(=O)O)CCc2ccccc21. The third-order valence-electron chi connectivity index (χ3n) is 4.28. The second-order valence-electron chi connectivity index (χ2n) is 6.09. The van der Waals surface area contributed by atoms with Crippen LogP contribution in [-0.2, 0) is 21.4 Å². The summed E-state index contributed by atoms with van der Waals surface area (Å²) in [6.45, 7) is 5.56. The Morgan fingerprint density at radius 3 is 2.80 bits per heavy atom. The summed E-state index contributed by atoms with van der Waals surface area (Å²) in [5, 5.41) is 9.70. The molecule has 20 heavy (non-hydrogen) atoms. The molecule has 1 N–H and O–H groups in total. The number of rotatable bonds is 7. The summed E-state index contributed by atoms with van der Waals surface area (Å²) in [6.07, 6.45) is 3.14. The van der Waals surface area contributed by atoms with Crippen LogP contribution in [0.1, 0.15) is 44.2 Å². The zero-order valence-electron chi connectivity index (χ0n) is 12.4. The summed E-state index contributed by atoms with van der Waals surface area (Å²) >= 11 is 0. The van der Waals surface area contributed by atoms with E-state index in [1.54, 1.807) is 0 Å². The number of hydrogen-bond acceptors (Lipinski definition) is 2. The van der Waals surface area contributed by atoms with Crippen LogP contribution in [-0.4, -0.2) is 24.3 Å². The van der Waals surface area contributed by atoms with E-state index >= 15 is 0 Å². The number of aliphatic carboxylic acids is 1. The molecule has 0 fully saturated rings. The molecule has 1 atom stereocenters. The highest BCUT2D eigenvalue weighted by atomic mass is 16.5. The topological polar surface area (TPSA) is 46.5 Å². The molecule has 110 valence electrons. The fourth-order valence-electron chi connectivity index (χ4n) is 2.94. The lowest BCUT2D eigenvalue weighted by Crippen LogP contribution is -2.34. The van der Waals surface area contributed by atoms with Gasteiger partial charge in [-0.2, -0.15) is 0 Å². The van der Waals surface area contributed by atoms with Gasteiger partial charge in [0.05, 0.1) is 5.41 Å². The zero-order valence-corrected chi connectivity index (χ0v) is 12.4. The van der Waals surface area contributed by atoms with Crippen LogP contribution in [0.25, 0.3) is 0 Å². The van der Waals surface area contributed by atoms with Crippen molar-refractivity contribution in [2.45, 2.75) is 44.9 Å². The van der Waals surface area contributed by atoms with Gasteiger partial charge in [0.15, 0.2) is 0 Å². The molecule has 2 rings (SSSR count). The predicted molar refractivity (Wildman–Crippen MR) is 79.0 cm³/mol. The molecule has 3 heteroatoms. The number of benzene rings is 1. The van der Waals surface area contributed by atoms with Crippen molar-refractivity contribution in [3.05, 3.63) is 35.4 Å². The molecular weight excluding hydrogens is 252 g/mol. The van der Waals surface area contributed by atoms with Crippen molar-refractivity contribution >= 4 is 5.97 Å². The Morgan fingerprint density at radius 2 is 2.10 bits per heavy atom. The van der Waals surface area contributed by atoms with E-state index in [9.17, 15) is 9.90 Å². The first kappa shape index (κ1) is 15.0. The van der Waals surface area contributed by atoms with Crippen molar-refractivity contribution < 1.29 is 14.6 Å². The first-order chi connectivity index (χ1) is 9.56. The molecule has 3 nitrogen and oxygen atoms in total. The summed E-state index contributed by atoms with van der Waals surface area (Å²) in [7, 11) is 0. The molecule has 1 aliphatic rings. The number of carboxylic acids is 1. The van der Waals surface area contributed by atoms with Crippen LogP contribution in [0.2, 0.25) is 0 Å². The summed E-state index contributed by atoms with van der Waals surface area (Å²) in [5.41, 5.74) is 1.42. The van der Waals surface area contributed by atoms with E-state index in [4.69, 9.17) is 4.74 Å². The molecule has 1 aliphatic carbocycles. The van der Waals surface area contributed by atoms with E-state index in [0.717, 1.165) is 25.0 Å². The molecule has 0 saturated heterocycles. The van der Waals surface area contributed by atoms with Gasteiger partial charge in [-0.1, -0.05) is 38.1 Å². The maximum atomic E-state index is 11.8. The van der Waals surface area contributed by atoms with Crippen molar-refractivity contribution in [1.29, 1.82) is 0 Å². The Balaban J connectivity index is 2.00. The van der Waals surface area contributed by atoms with Gasteiger partial charge in [0.25, 0.3) is 0 Å². The Labute approximate surface area is 121 Å². The lowest BCUT2D eigenvalue weighted by atomic mass is 9.79. The Kier molecular flexibility index (Phi) is 4.81. The third kappa shape index (κ3) is 3.04. The van der Waals surface area contributed by atoms with Crippen LogP contribution in [0.3, 0.4) is 0 Å². The number of fused-ring (bicyclic) bond motifs is 1. The van der Waals surface area contributed by atoms with Gasteiger partial charge < -0.3 is 9.84 Å². The van der Waals surface area contributed by atoms with Crippen molar-refractivity contribution in [2.24, 2.45) is 5.92 Å². The van der Waals surface area contributed by atoms with Gasteiger partial charge in [0, 0.05) is 13.2 Å². The van der Waals surface area contributed by atoms with Crippen LogP contribution in [0.4, 0.5) is 0 Å². The van der Waals surface area contributed by atoms with Gasteiger partial charge in [-0.25, -0.2) is 0 Å². The normalized spacial score (nSPS) is 21.1. The molecule has 0 aromatic heterocycles.